The predicted molar refractivity (Wildman–Crippen MR) is 82.6 cm³/mol. The molecule has 5 heteroatoms. The Balaban J connectivity index is 2.29. The van der Waals surface area contributed by atoms with Gasteiger partial charge in [0.05, 0.1) is 12.2 Å². The van der Waals surface area contributed by atoms with E-state index in [2.05, 4.69) is 5.32 Å². The molecule has 0 bridgehead atoms. The Labute approximate surface area is 128 Å². The van der Waals surface area contributed by atoms with Gasteiger partial charge in [0.1, 0.15) is 5.54 Å². The summed E-state index contributed by atoms with van der Waals surface area (Å²) in [4.78, 5) is 11.4. The van der Waals surface area contributed by atoms with Gasteiger partial charge in [-0.1, -0.05) is 0 Å². The third-order valence-electron chi connectivity index (χ3n) is 4.17. The van der Waals surface area contributed by atoms with Gasteiger partial charge in [0.25, 0.3) is 0 Å². The molecule has 1 aliphatic carbocycles. The largest absolute Gasteiger partial charge is 0.480 e. The number of methoxy groups -OCH3 is 1. The highest BCUT2D eigenvalue weighted by Crippen LogP contribution is 2.23. The lowest BCUT2D eigenvalue weighted by Crippen LogP contribution is -2.52. The van der Waals surface area contributed by atoms with E-state index in [1.165, 1.54) is 0 Å². The van der Waals surface area contributed by atoms with Crippen LogP contribution in [0.4, 0.5) is 0 Å². The summed E-state index contributed by atoms with van der Waals surface area (Å²) < 4.78 is 11.3. The van der Waals surface area contributed by atoms with Crippen LogP contribution >= 0.6 is 0 Å². The molecule has 0 aliphatic heterocycles. The van der Waals surface area contributed by atoms with Gasteiger partial charge in [-0.3, -0.25) is 10.1 Å². The molecule has 1 aliphatic rings. The Hall–Kier alpha value is -0.650. The van der Waals surface area contributed by atoms with E-state index in [1.807, 2.05) is 13.8 Å². The smallest absolute Gasteiger partial charge is 0.323 e. The first-order valence-electron chi connectivity index (χ1n) is 8.03. The van der Waals surface area contributed by atoms with Crippen molar-refractivity contribution in [1.29, 1.82) is 0 Å². The molecule has 0 saturated heterocycles. The average molecular weight is 301 g/mol. The molecule has 0 heterocycles. The average Bonchev–Trinajstić information content (AvgIpc) is 2.43. The normalized spacial score (nSPS) is 25.8. The van der Waals surface area contributed by atoms with Gasteiger partial charge in [-0.2, -0.15) is 0 Å². The zero-order chi connectivity index (χ0) is 15.9. The van der Waals surface area contributed by atoms with Crippen LogP contribution in [0, 0.1) is 0 Å². The monoisotopic (exact) mass is 301 g/mol. The van der Waals surface area contributed by atoms with Crippen molar-refractivity contribution in [3.8, 4) is 0 Å². The summed E-state index contributed by atoms with van der Waals surface area (Å²) in [7, 11) is 1.75. The minimum absolute atomic E-state index is 0.146. The Bertz CT molecular complexity index is 321. The lowest BCUT2D eigenvalue weighted by molar-refractivity contribution is -0.145. The van der Waals surface area contributed by atoms with Crippen molar-refractivity contribution in [2.24, 2.45) is 0 Å². The second-order valence-electron chi connectivity index (χ2n) is 6.56. The molecule has 5 nitrogen and oxygen atoms in total. The maximum absolute atomic E-state index is 11.4. The van der Waals surface area contributed by atoms with E-state index in [4.69, 9.17) is 9.47 Å². The number of carboxylic acid groups (broad SMARTS) is 1. The Morgan fingerprint density at radius 2 is 2.05 bits per heavy atom. The van der Waals surface area contributed by atoms with Gasteiger partial charge in [0.2, 0.25) is 0 Å². The van der Waals surface area contributed by atoms with Crippen molar-refractivity contribution in [2.45, 2.75) is 83.1 Å². The van der Waals surface area contributed by atoms with E-state index in [-0.39, 0.29) is 12.1 Å². The summed E-state index contributed by atoms with van der Waals surface area (Å²) in [6.45, 7) is 6.29. The number of aliphatic carboxylic acids is 1. The zero-order valence-corrected chi connectivity index (χ0v) is 13.9. The molecule has 0 amide bonds. The number of hydrogen-bond acceptors (Lipinski definition) is 4. The van der Waals surface area contributed by atoms with Gasteiger partial charge < -0.3 is 14.6 Å². The van der Waals surface area contributed by atoms with Crippen LogP contribution in [0.5, 0.6) is 0 Å². The Morgan fingerprint density at radius 3 is 2.62 bits per heavy atom. The summed E-state index contributed by atoms with van der Waals surface area (Å²) in [6, 6.07) is 0.146. The molecule has 1 saturated carbocycles. The van der Waals surface area contributed by atoms with E-state index in [9.17, 15) is 9.90 Å². The second-order valence-corrected chi connectivity index (χ2v) is 6.56. The van der Waals surface area contributed by atoms with Crippen molar-refractivity contribution in [3.63, 3.8) is 0 Å². The quantitative estimate of drug-likeness (QED) is 0.641. The molecule has 21 heavy (non-hydrogen) atoms. The topological polar surface area (TPSA) is 67.8 Å². The van der Waals surface area contributed by atoms with Crippen LogP contribution in [-0.4, -0.2) is 48.6 Å². The van der Waals surface area contributed by atoms with E-state index in [0.717, 1.165) is 32.1 Å². The van der Waals surface area contributed by atoms with Crippen LogP contribution in [0.1, 0.15) is 59.3 Å². The van der Waals surface area contributed by atoms with Gasteiger partial charge in [0.15, 0.2) is 0 Å². The third-order valence-corrected chi connectivity index (χ3v) is 4.17. The fourth-order valence-electron chi connectivity index (χ4n) is 3.02. The van der Waals surface area contributed by atoms with Gasteiger partial charge in [0, 0.05) is 19.8 Å². The van der Waals surface area contributed by atoms with E-state index in [0.29, 0.717) is 19.1 Å². The number of rotatable bonds is 9. The van der Waals surface area contributed by atoms with E-state index in [1.54, 1.807) is 14.0 Å². The van der Waals surface area contributed by atoms with Crippen molar-refractivity contribution in [3.05, 3.63) is 0 Å². The van der Waals surface area contributed by atoms with E-state index >= 15 is 0 Å². The molecule has 0 aromatic carbocycles. The first-order chi connectivity index (χ1) is 9.87. The molecule has 0 radical (unpaired) electrons. The van der Waals surface area contributed by atoms with Crippen LogP contribution in [-0.2, 0) is 14.3 Å². The number of ether oxygens (including phenoxy) is 2. The highest BCUT2D eigenvalue weighted by atomic mass is 16.5. The highest BCUT2D eigenvalue weighted by Gasteiger charge is 2.33. The first kappa shape index (κ1) is 18.4. The maximum Gasteiger partial charge on any atom is 0.323 e. The molecule has 3 atom stereocenters. The van der Waals surface area contributed by atoms with Crippen LogP contribution in [0.2, 0.25) is 0 Å². The van der Waals surface area contributed by atoms with Crippen molar-refractivity contribution >= 4 is 5.97 Å². The minimum Gasteiger partial charge on any atom is -0.480 e. The zero-order valence-electron chi connectivity index (χ0n) is 13.9. The number of carboxylic acids is 1. The fraction of sp³-hybridized carbons (Fsp3) is 0.938. The van der Waals surface area contributed by atoms with Crippen LogP contribution < -0.4 is 5.32 Å². The first-order valence-corrected chi connectivity index (χ1v) is 8.03. The van der Waals surface area contributed by atoms with Crippen LogP contribution in [0.15, 0.2) is 0 Å². The molecule has 3 unspecified atom stereocenters. The van der Waals surface area contributed by atoms with Crippen LogP contribution in [0.3, 0.4) is 0 Å². The van der Waals surface area contributed by atoms with Crippen molar-refractivity contribution in [1.82, 2.24) is 5.32 Å². The van der Waals surface area contributed by atoms with Crippen molar-refractivity contribution in [2.75, 3.05) is 13.7 Å². The predicted octanol–water partition coefficient (Wildman–Crippen LogP) is 2.58. The molecule has 2 N–H and O–H groups in total. The number of carbonyl (C=O) groups is 1. The highest BCUT2D eigenvalue weighted by molar-refractivity contribution is 5.78. The lowest BCUT2D eigenvalue weighted by atomic mass is 9.94. The van der Waals surface area contributed by atoms with Gasteiger partial charge >= 0.3 is 5.97 Å². The standard InChI is InChI=1S/C16H31NO4/c1-12(2)17-16(3,15(18)19)9-6-10-21-14-8-5-7-13(11-14)20-4/h12-14,17H,5-11H2,1-4H3,(H,18,19). The summed E-state index contributed by atoms with van der Waals surface area (Å²) in [5, 5.41) is 12.5. The van der Waals surface area contributed by atoms with E-state index < -0.39 is 11.5 Å². The van der Waals surface area contributed by atoms with Crippen LogP contribution in [0.25, 0.3) is 0 Å². The summed E-state index contributed by atoms with van der Waals surface area (Å²) >= 11 is 0. The minimum atomic E-state index is -0.876. The molecule has 1 rings (SSSR count). The molecule has 0 aromatic heterocycles. The number of hydrogen-bond donors (Lipinski definition) is 2. The molecular formula is C16H31NO4. The van der Waals surface area contributed by atoms with Gasteiger partial charge in [-0.15, -0.1) is 0 Å². The lowest BCUT2D eigenvalue weighted by Gasteiger charge is -2.30. The maximum atomic E-state index is 11.4. The fourth-order valence-corrected chi connectivity index (χ4v) is 3.02. The molecule has 0 aromatic rings. The molecule has 0 spiro atoms. The molecule has 1 fully saturated rings. The summed E-state index contributed by atoms with van der Waals surface area (Å²) in [5.74, 6) is -0.798. The molecule has 124 valence electrons. The Morgan fingerprint density at radius 1 is 1.38 bits per heavy atom. The Kier molecular flexibility index (Phi) is 7.63. The summed E-state index contributed by atoms with van der Waals surface area (Å²) in [6.07, 6.45) is 6.19. The SMILES string of the molecule is COC1CCCC(OCCCC(C)(NC(C)C)C(=O)O)C1. The summed E-state index contributed by atoms with van der Waals surface area (Å²) in [5.41, 5.74) is -0.876. The van der Waals surface area contributed by atoms with Gasteiger partial charge in [-0.25, -0.2) is 0 Å². The van der Waals surface area contributed by atoms with Crippen molar-refractivity contribution < 1.29 is 19.4 Å². The third kappa shape index (κ3) is 6.32. The molecular weight excluding hydrogens is 270 g/mol. The second kappa shape index (κ2) is 8.71. The van der Waals surface area contributed by atoms with Gasteiger partial charge in [-0.05, 0) is 59.3 Å². The number of nitrogens with one attached hydrogen (secondary N) is 1.